The molecule has 0 aliphatic heterocycles. The Hall–Kier alpha value is -1.74. The highest BCUT2D eigenvalue weighted by Gasteiger charge is 2.12. The number of hydrogen-bond donors (Lipinski definition) is 2. The molecule has 0 radical (unpaired) electrons. The third-order valence-corrected chi connectivity index (χ3v) is 3.19. The molecule has 2 nitrogen and oxygen atoms in total. The zero-order chi connectivity index (χ0) is 14.0. The van der Waals surface area contributed by atoms with E-state index in [-0.39, 0.29) is 17.6 Å². The third-order valence-electron chi connectivity index (χ3n) is 2.95. The number of halogens is 2. The lowest BCUT2D eigenvalue weighted by Crippen LogP contribution is -2.08. The largest absolute Gasteiger partial charge is 0.508 e. The molecule has 0 amide bonds. The predicted molar refractivity (Wildman–Crippen MR) is 76.3 cm³/mol. The molecule has 2 rings (SSSR count). The number of benzene rings is 2. The average molecular weight is 280 g/mol. The molecule has 0 bridgehead atoms. The number of rotatable bonds is 3. The Morgan fingerprint density at radius 2 is 1.95 bits per heavy atom. The van der Waals surface area contributed by atoms with Crippen LogP contribution in [0.3, 0.4) is 0 Å². The molecule has 19 heavy (non-hydrogen) atoms. The summed E-state index contributed by atoms with van der Waals surface area (Å²) >= 11 is 5.85. The van der Waals surface area contributed by atoms with Crippen molar-refractivity contribution in [2.24, 2.45) is 0 Å². The van der Waals surface area contributed by atoms with E-state index < -0.39 is 0 Å². The van der Waals surface area contributed by atoms with Crippen LogP contribution in [0.15, 0.2) is 36.4 Å². The van der Waals surface area contributed by atoms with E-state index in [1.165, 1.54) is 18.2 Å². The Kier molecular flexibility index (Phi) is 3.96. The zero-order valence-corrected chi connectivity index (χ0v) is 11.5. The number of hydrogen-bond acceptors (Lipinski definition) is 2. The highest BCUT2D eigenvalue weighted by molar-refractivity contribution is 6.30. The molecule has 2 aromatic carbocycles. The minimum absolute atomic E-state index is 0.188. The minimum Gasteiger partial charge on any atom is -0.508 e. The van der Waals surface area contributed by atoms with Gasteiger partial charge in [0.05, 0.1) is 11.7 Å². The van der Waals surface area contributed by atoms with Crippen molar-refractivity contribution in [3.05, 3.63) is 58.4 Å². The fourth-order valence-corrected chi connectivity index (χ4v) is 2.11. The van der Waals surface area contributed by atoms with E-state index in [2.05, 4.69) is 5.32 Å². The van der Waals surface area contributed by atoms with Crippen LogP contribution in [-0.4, -0.2) is 5.11 Å². The second kappa shape index (κ2) is 5.49. The maximum absolute atomic E-state index is 13.6. The van der Waals surface area contributed by atoms with Crippen LogP contribution in [0.25, 0.3) is 0 Å². The van der Waals surface area contributed by atoms with Gasteiger partial charge >= 0.3 is 0 Å². The topological polar surface area (TPSA) is 32.3 Å². The first-order valence-electron chi connectivity index (χ1n) is 5.98. The number of anilines is 1. The summed E-state index contributed by atoms with van der Waals surface area (Å²) in [4.78, 5) is 0. The van der Waals surface area contributed by atoms with Crippen molar-refractivity contribution < 1.29 is 9.50 Å². The first kappa shape index (κ1) is 13.7. The Labute approximate surface area is 116 Å². The first-order chi connectivity index (χ1) is 8.97. The van der Waals surface area contributed by atoms with Gasteiger partial charge in [0.25, 0.3) is 0 Å². The normalized spacial score (nSPS) is 12.2. The summed E-state index contributed by atoms with van der Waals surface area (Å²) in [5.74, 6) is -0.184. The van der Waals surface area contributed by atoms with E-state index in [0.717, 1.165) is 11.1 Å². The van der Waals surface area contributed by atoms with E-state index in [0.29, 0.717) is 10.7 Å². The fourth-order valence-electron chi connectivity index (χ4n) is 1.94. The van der Waals surface area contributed by atoms with Gasteiger partial charge in [-0.15, -0.1) is 0 Å². The molecule has 0 spiro atoms. The van der Waals surface area contributed by atoms with Crippen molar-refractivity contribution in [1.82, 2.24) is 0 Å². The van der Waals surface area contributed by atoms with Crippen LogP contribution in [-0.2, 0) is 0 Å². The van der Waals surface area contributed by atoms with Crippen molar-refractivity contribution in [2.45, 2.75) is 19.9 Å². The lowest BCUT2D eigenvalue weighted by Gasteiger charge is -2.18. The standard InChI is InChI=1S/C15H15ClFNO/c1-9-3-6-15(19)12(7-9)10(2)18-14-8-11(16)4-5-13(14)17/h3-8,10,18-19H,1-2H3. The van der Waals surface area contributed by atoms with Crippen LogP contribution in [0.4, 0.5) is 10.1 Å². The van der Waals surface area contributed by atoms with Gasteiger partial charge in [0, 0.05) is 10.6 Å². The van der Waals surface area contributed by atoms with Crippen LogP contribution in [0.5, 0.6) is 5.75 Å². The number of nitrogens with one attached hydrogen (secondary N) is 1. The van der Waals surface area contributed by atoms with Crippen molar-refractivity contribution in [2.75, 3.05) is 5.32 Å². The summed E-state index contributed by atoms with van der Waals surface area (Å²) in [5.41, 5.74) is 2.08. The maximum atomic E-state index is 13.6. The Morgan fingerprint density at radius 1 is 1.21 bits per heavy atom. The molecular weight excluding hydrogens is 265 g/mol. The van der Waals surface area contributed by atoms with Gasteiger partial charge < -0.3 is 10.4 Å². The molecular formula is C15H15ClFNO. The molecule has 0 saturated carbocycles. The highest BCUT2D eigenvalue weighted by atomic mass is 35.5. The van der Waals surface area contributed by atoms with E-state index in [1.54, 1.807) is 6.07 Å². The van der Waals surface area contributed by atoms with E-state index >= 15 is 0 Å². The molecule has 0 fully saturated rings. The lowest BCUT2D eigenvalue weighted by molar-refractivity contribution is 0.465. The molecule has 2 aromatic rings. The van der Waals surface area contributed by atoms with Crippen LogP contribution in [0.1, 0.15) is 24.1 Å². The first-order valence-corrected chi connectivity index (χ1v) is 6.36. The zero-order valence-electron chi connectivity index (χ0n) is 10.7. The van der Waals surface area contributed by atoms with Crippen molar-refractivity contribution >= 4 is 17.3 Å². The second-order valence-electron chi connectivity index (χ2n) is 4.55. The minimum atomic E-state index is -0.372. The Bertz CT molecular complexity index is 601. The second-order valence-corrected chi connectivity index (χ2v) is 4.99. The van der Waals surface area contributed by atoms with Gasteiger partial charge in [-0.3, -0.25) is 0 Å². The summed E-state index contributed by atoms with van der Waals surface area (Å²) in [5, 5.41) is 13.3. The number of phenols is 1. The fraction of sp³-hybridized carbons (Fsp3) is 0.200. The van der Waals surface area contributed by atoms with Gasteiger partial charge in [0.1, 0.15) is 11.6 Å². The maximum Gasteiger partial charge on any atom is 0.146 e. The molecule has 4 heteroatoms. The van der Waals surface area contributed by atoms with Crippen LogP contribution in [0, 0.1) is 12.7 Å². The van der Waals surface area contributed by atoms with Gasteiger partial charge in [-0.05, 0) is 38.1 Å². The summed E-state index contributed by atoms with van der Waals surface area (Å²) in [7, 11) is 0. The van der Waals surface area contributed by atoms with Gasteiger partial charge in [-0.1, -0.05) is 29.3 Å². The molecule has 1 unspecified atom stereocenters. The smallest absolute Gasteiger partial charge is 0.146 e. The Balaban J connectivity index is 2.27. The lowest BCUT2D eigenvalue weighted by atomic mass is 10.0. The van der Waals surface area contributed by atoms with Gasteiger partial charge in [-0.25, -0.2) is 4.39 Å². The summed E-state index contributed by atoms with van der Waals surface area (Å²) in [6.45, 7) is 3.80. The molecule has 0 heterocycles. The quantitative estimate of drug-likeness (QED) is 0.856. The molecule has 0 aliphatic carbocycles. The van der Waals surface area contributed by atoms with Crippen molar-refractivity contribution in [3.63, 3.8) is 0 Å². The van der Waals surface area contributed by atoms with Gasteiger partial charge in [0.2, 0.25) is 0 Å². The summed E-state index contributed by atoms with van der Waals surface area (Å²) < 4.78 is 13.6. The Morgan fingerprint density at radius 3 is 2.68 bits per heavy atom. The van der Waals surface area contributed by atoms with E-state index in [1.807, 2.05) is 26.0 Å². The van der Waals surface area contributed by atoms with Crippen molar-refractivity contribution in [1.29, 1.82) is 0 Å². The number of aromatic hydroxyl groups is 1. The molecule has 0 aromatic heterocycles. The van der Waals surface area contributed by atoms with Gasteiger partial charge in [0.15, 0.2) is 0 Å². The molecule has 2 N–H and O–H groups in total. The average Bonchev–Trinajstić information content (AvgIpc) is 2.36. The van der Waals surface area contributed by atoms with Crippen LogP contribution >= 0.6 is 11.6 Å². The van der Waals surface area contributed by atoms with Crippen LogP contribution < -0.4 is 5.32 Å². The van der Waals surface area contributed by atoms with Crippen LogP contribution in [0.2, 0.25) is 5.02 Å². The number of phenolic OH excluding ortho intramolecular Hbond substituents is 1. The molecule has 0 aliphatic rings. The SMILES string of the molecule is Cc1ccc(O)c(C(C)Nc2cc(Cl)ccc2F)c1. The van der Waals surface area contributed by atoms with E-state index in [9.17, 15) is 9.50 Å². The monoisotopic (exact) mass is 279 g/mol. The molecule has 0 saturated heterocycles. The predicted octanol–water partition coefficient (Wildman–Crippen LogP) is 4.67. The van der Waals surface area contributed by atoms with E-state index in [4.69, 9.17) is 11.6 Å². The molecule has 100 valence electrons. The number of aryl methyl sites for hydroxylation is 1. The summed E-state index contributed by atoms with van der Waals surface area (Å²) in [6, 6.07) is 9.44. The third kappa shape index (κ3) is 3.18. The summed E-state index contributed by atoms with van der Waals surface area (Å²) in [6.07, 6.45) is 0. The molecule has 1 atom stereocenters. The van der Waals surface area contributed by atoms with Crippen molar-refractivity contribution in [3.8, 4) is 5.75 Å². The highest BCUT2D eigenvalue weighted by Crippen LogP contribution is 2.29. The van der Waals surface area contributed by atoms with Gasteiger partial charge in [-0.2, -0.15) is 0 Å².